The Bertz CT molecular complexity index is 991. The van der Waals surface area contributed by atoms with Crippen molar-refractivity contribution < 1.29 is 34.8 Å². The minimum Gasteiger partial charge on any atom is -0.394 e. The third kappa shape index (κ3) is 8.21. The molecule has 1 fully saturated rings. The second-order valence-electron chi connectivity index (χ2n) is 11.0. The highest BCUT2D eigenvalue weighted by atomic mass is 19.1. The van der Waals surface area contributed by atoms with E-state index in [0.717, 1.165) is 25.5 Å². The first-order valence-corrected chi connectivity index (χ1v) is 15.0. The number of aliphatic hydroxyl groups excluding tert-OH is 2. The molecule has 1 aromatic rings. The van der Waals surface area contributed by atoms with Gasteiger partial charge in [0, 0.05) is 11.8 Å². The number of nitrogens with one attached hydrogen (secondary N) is 1. The second kappa shape index (κ2) is 16.7. The van der Waals surface area contributed by atoms with Crippen molar-refractivity contribution in [1.29, 1.82) is 0 Å². The van der Waals surface area contributed by atoms with Crippen LogP contribution in [0.3, 0.4) is 0 Å². The number of aliphatic hydroxyl groups is 4. The van der Waals surface area contributed by atoms with Crippen molar-refractivity contribution in [3.05, 3.63) is 32.6 Å². The Morgan fingerprint density at radius 2 is 1.50 bits per heavy atom. The van der Waals surface area contributed by atoms with Crippen LogP contribution in [0.1, 0.15) is 116 Å². The molecule has 0 spiro atoms. The second-order valence-corrected chi connectivity index (χ2v) is 11.0. The lowest BCUT2D eigenvalue weighted by atomic mass is 9.99. The van der Waals surface area contributed by atoms with Gasteiger partial charge < -0.3 is 30.4 Å². The van der Waals surface area contributed by atoms with Gasteiger partial charge in [-0.3, -0.25) is 9.78 Å². The molecule has 1 aromatic heterocycles. The maximum Gasteiger partial charge on any atom is 0.332 e. The number of aryl methyl sites for hydroxylation is 1. The van der Waals surface area contributed by atoms with Crippen LogP contribution in [0, 0.1) is 0 Å². The summed E-state index contributed by atoms with van der Waals surface area (Å²) in [5.74, 6) is -3.24. The molecule has 0 aromatic carbocycles. The molecule has 0 aliphatic carbocycles. The molecule has 2 heterocycles. The zero-order chi connectivity index (χ0) is 29.8. The lowest BCUT2D eigenvalue weighted by molar-refractivity contribution is -0.428. The largest absolute Gasteiger partial charge is 0.394 e. The van der Waals surface area contributed by atoms with E-state index in [2.05, 4.69) is 6.92 Å². The van der Waals surface area contributed by atoms with Gasteiger partial charge in [-0.2, -0.15) is 0 Å². The number of aromatic nitrogens is 2. The summed E-state index contributed by atoms with van der Waals surface area (Å²) in [5.41, 5.74) is -5.19. The normalized spacial score (nSPS) is 25.6. The van der Waals surface area contributed by atoms with Gasteiger partial charge in [-0.05, 0) is 19.3 Å². The standard InChI is InChI=1S/C28H50FN3O8/c1-3-5-6-7-8-9-10-11-12-13-14-15-16-18-23(29)32(39)27(37)24(34)22(20-33)40-28(27,38)31-19-21(17-4-2)25(35)30-26(31)36/h19,22-24,33-34,37-39H,3-18,20H2,1-2H3,(H,30,35,36)/t22-,23?,24-,27-,28+/m1/s1. The zero-order valence-electron chi connectivity index (χ0n) is 24.1. The summed E-state index contributed by atoms with van der Waals surface area (Å²) in [6.45, 7) is 3.06. The van der Waals surface area contributed by atoms with Gasteiger partial charge in [0.2, 0.25) is 5.72 Å². The van der Waals surface area contributed by atoms with E-state index in [0.29, 0.717) is 23.8 Å². The van der Waals surface area contributed by atoms with Gasteiger partial charge in [0.25, 0.3) is 5.56 Å². The van der Waals surface area contributed by atoms with Crippen molar-refractivity contribution in [3.63, 3.8) is 0 Å². The Morgan fingerprint density at radius 1 is 0.975 bits per heavy atom. The quantitative estimate of drug-likeness (QED) is 0.0592. The number of hydroxylamine groups is 2. The predicted octanol–water partition coefficient (Wildman–Crippen LogP) is 3.00. The highest BCUT2D eigenvalue weighted by Crippen LogP contribution is 2.44. The number of aromatic amines is 1. The summed E-state index contributed by atoms with van der Waals surface area (Å²) in [6, 6.07) is 0. The van der Waals surface area contributed by atoms with E-state index in [1.54, 1.807) is 6.92 Å². The fourth-order valence-electron chi connectivity index (χ4n) is 5.32. The Kier molecular flexibility index (Phi) is 14.4. The molecular weight excluding hydrogens is 525 g/mol. The summed E-state index contributed by atoms with van der Waals surface area (Å²) in [4.78, 5) is 26.7. The topological polar surface area (TPSA) is 168 Å². The van der Waals surface area contributed by atoms with Gasteiger partial charge in [0.1, 0.15) is 12.2 Å². The van der Waals surface area contributed by atoms with E-state index in [1.165, 1.54) is 51.4 Å². The highest BCUT2D eigenvalue weighted by Gasteiger charge is 2.71. The monoisotopic (exact) mass is 575 g/mol. The number of hydrogen-bond acceptors (Lipinski definition) is 9. The molecule has 232 valence electrons. The molecule has 5 atom stereocenters. The predicted molar refractivity (Wildman–Crippen MR) is 147 cm³/mol. The van der Waals surface area contributed by atoms with E-state index in [-0.39, 0.29) is 23.5 Å². The van der Waals surface area contributed by atoms with Crippen LogP contribution >= 0.6 is 0 Å². The third-order valence-electron chi connectivity index (χ3n) is 7.76. The number of alkyl halides is 1. The van der Waals surface area contributed by atoms with Crippen LogP contribution in [0.2, 0.25) is 0 Å². The zero-order valence-corrected chi connectivity index (χ0v) is 24.1. The van der Waals surface area contributed by atoms with Crippen LogP contribution in [0.25, 0.3) is 0 Å². The Balaban J connectivity index is 1.96. The van der Waals surface area contributed by atoms with Crippen LogP contribution in [-0.4, -0.2) is 71.1 Å². The first-order valence-electron chi connectivity index (χ1n) is 15.0. The molecule has 12 heteroatoms. The molecule has 0 saturated carbocycles. The molecule has 40 heavy (non-hydrogen) atoms. The fraction of sp³-hybridized carbons (Fsp3) is 0.857. The summed E-state index contributed by atoms with van der Waals surface area (Å²) < 4.78 is 20.8. The number of hydrogen-bond donors (Lipinski definition) is 6. The number of halogens is 1. The van der Waals surface area contributed by atoms with Crippen molar-refractivity contribution in [1.82, 2.24) is 14.6 Å². The minimum absolute atomic E-state index is 0.0525. The summed E-state index contributed by atoms with van der Waals surface area (Å²) in [7, 11) is 0. The molecule has 2 rings (SSSR count). The fourth-order valence-corrected chi connectivity index (χ4v) is 5.32. The number of unbranched alkanes of at least 4 members (excludes halogenated alkanes) is 12. The van der Waals surface area contributed by atoms with Crippen molar-refractivity contribution >= 4 is 0 Å². The van der Waals surface area contributed by atoms with Crippen molar-refractivity contribution in [2.75, 3.05) is 6.61 Å². The Labute approximate surface area is 235 Å². The molecule has 1 aliphatic heterocycles. The lowest BCUT2D eigenvalue weighted by Crippen LogP contribution is -2.69. The summed E-state index contributed by atoms with van der Waals surface area (Å²) in [5, 5.41) is 53.4. The molecule has 11 nitrogen and oxygen atoms in total. The summed E-state index contributed by atoms with van der Waals surface area (Å²) in [6.07, 6.45) is 9.42. The van der Waals surface area contributed by atoms with Crippen LogP contribution in [0.4, 0.5) is 4.39 Å². The smallest absolute Gasteiger partial charge is 0.332 e. The van der Waals surface area contributed by atoms with Gasteiger partial charge in [-0.25, -0.2) is 13.8 Å². The molecule has 0 radical (unpaired) electrons. The van der Waals surface area contributed by atoms with Crippen LogP contribution in [-0.2, 0) is 17.1 Å². The molecule has 0 amide bonds. The maximum absolute atomic E-state index is 15.2. The number of ether oxygens (including phenoxy) is 1. The average Bonchev–Trinajstić information content (AvgIpc) is 3.14. The molecule has 1 saturated heterocycles. The van der Waals surface area contributed by atoms with E-state index < -0.39 is 48.0 Å². The number of rotatable bonds is 20. The molecule has 6 N–H and O–H groups in total. The van der Waals surface area contributed by atoms with Gasteiger partial charge in [-0.15, -0.1) is 5.06 Å². The van der Waals surface area contributed by atoms with E-state index in [4.69, 9.17) is 4.74 Å². The number of H-pyrrole nitrogens is 1. The molecule has 0 bridgehead atoms. The summed E-state index contributed by atoms with van der Waals surface area (Å²) >= 11 is 0. The molecule has 1 unspecified atom stereocenters. The Hall–Kier alpha value is -1.67. The number of nitrogens with zero attached hydrogens (tertiary/aromatic N) is 2. The van der Waals surface area contributed by atoms with Crippen LogP contribution in [0.5, 0.6) is 0 Å². The SMILES string of the molecule is CCCCCCCCCCCCCCCC(F)N(O)[C@@]1(O)[C@H](O)[C@@H](CO)O[C@]1(O)n1cc(CCC)c(=O)[nH]c1=O. The van der Waals surface area contributed by atoms with E-state index in [1.807, 2.05) is 4.98 Å². The van der Waals surface area contributed by atoms with Gasteiger partial charge in [0.15, 0.2) is 6.30 Å². The van der Waals surface area contributed by atoms with Gasteiger partial charge in [0.05, 0.1) is 6.61 Å². The Morgan fingerprint density at radius 3 is 2.00 bits per heavy atom. The molecular formula is C28H50FN3O8. The van der Waals surface area contributed by atoms with Crippen molar-refractivity contribution in [3.8, 4) is 0 Å². The van der Waals surface area contributed by atoms with Crippen molar-refractivity contribution in [2.24, 2.45) is 0 Å². The van der Waals surface area contributed by atoms with E-state index >= 15 is 4.39 Å². The van der Waals surface area contributed by atoms with Crippen LogP contribution in [0.15, 0.2) is 15.8 Å². The van der Waals surface area contributed by atoms with E-state index in [9.17, 15) is 35.2 Å². The first-order chi connectivity index (χ1) is 19.1. The van der Waals surface area contributed by atoms with Gasteiger partial charge in [-0.1, -0.05) is 97.3 Å². The first kappa shape index (κ1) is 34.5. The van der Waals surface area contributed by atoms with Gasteiger partial charge >= 0.3 is 11.6 Å². The highest BCUT2D eigenvalue weighted by molar-refractivity contribution is 5.10. The average molecular weight is 576 g/mol. The maximum atomic E-state index is 15.2. The third-order valence-corrected chi connectivity index (χ3v) is 7.76. The molecule has 1 aliphatic rings. The van der Waals surface area contributed by atoms with Crippen LogP contribution < -0.4 is 11.2 Å². The minimum atomic E-state index is -3.29. The van der Waals surface area contributed by atoms with Crippen molar-refractivity contribution in [2.45, 2.75) is 147 Å². The lowest BCUT2D eigenvalue weighted by Gasteiger charge is -2.43.